The van der Waals surface area contributed by atoms with Gasteiger partial charge < -0.3 is 25.0 Å². The zero-order valence-corrected chi connectivity index (χ0v) is 20.4. The molecule has 7 nitrogen and oxygen atoms in total. The van der Waals surface area contributed by atoms with E-state index in [1.54, 1.807) is 14.2 Å². The SMILES string of the molecule is CN=C(NCC1CC(=O)N(CCc2ccccc2)C1)NCC1(OC)CCOCC1.I. The van der Waals surface area contributed by atoms with E-state index in [0.29, 0.717) is 18.9 Å². The number of nitrogens with zero attached hydrogens (tertiary/aromatic N) is 2. The van der Waals surface area contributed by atoms with Gasteiger partial charge in [0, 0.05) is 78.7 Å². The molecule has 2 fully saturated rings. The molecule has 1 aromatic carbocycles. The van der Waals surface area contributed by atoms with Gasteiger partial charge in [-0.25, -0.2) is 0 Å². The van der Waals surface area contributed by atoms with Crippen LogP contribution in [0.2, 0.25) is 0 Å². The molecule has 1 amide bonds. The third-order valence-corrected chi connectivity index (χ3v) is 6.00. The number of amides is 1. The van der Waals surface area contributed by atoms with Gasteiger partial charge in [0.05, 0.1) is 5.60 Å². The van der Waals surface area contributed by atoms with Gasteiger partial charge in [-0.05, 0) is 12.0 Å². The van der Waals surface area contributed by atoms with Gasteiger partial charge in [0.25, 0.3) is 0 Å². The molecule has 2 aliphatic rings. The Morgan fingerprint density at radius 3 is 2.67 bits per heavy atom. The second-order valence-electron chi connectivity index (χ2n) is 7.95. The van der Waals surface area contributed by atoms with Crippen LogP contribution in [0.1, 0.15) is 24.8 Å². The second-order valence-corrected chi connectivity index (χ2v) is 7.95. The number of hydrogen-bond acceptors (Lipinski definition) is 4. The summed E-state index contributed by atoms with van der Waals surface area (Å²) in [5.74, 6) is 1.30. The maximum Gasteiger partial charge on any atom is 0.223 e. The molecule has 0 aromatic heterocycles. The quantitative estimate of drug-likeness (QED) is 0.306. The number of nitrogens with one attached hydrogen (secondary N) is 2. The number of hydrogen-bond donors (Lipinski definition) is 2. The first-order valence-electron chi connectivity index (χ1n) is 10.5. The van der Waals surface area contributed by atoms with Gasteiger partial charge in [0.15, 0.2) is 5.96 Å². The average molecular weight is 530 g/mol. The van der Waals surface area contributed by atoms with Crippen molar-refractivity contribution in [2.24, 2.45) is 10.9 Å². The maximum absolute atomic E-state index is 12.4. The van der Waals surface area contributed by atoms with E-state index in [1.165, 1.54) is 5.56 Å². The maximum atomic E-state index is 12.4. The van der Waals surface area contributed by atoms with Crippen molar-refractivity contribution in [3.8, 4) is 0 Å². The van der Waals surface area contributed by atoms with Crippen molar-refractivity contribution in [3.63, 3.8) is 0 Å². The summed E-state index contributed by atoms with van der Waals surface area (Å²) >= 11 is 0. The molecule has 8 heteroatoms. The van der Waals surface area contributed by atoms with Crippen molar-refractivity contribution in [1.29, 1.82) is 0 Å². The standard InChI is InChI=1S/C22H34N4O3.HI/c1-23-21(25-17-22(28-2)9-12-29-13-10-22)24-15-19-14-20(27)26(16-19)11-8-18-6-4-3-5-7-18;/h3-7,19H,8-17H2,1-2H3,(H2,23,24,25);1H. The summed E-state index contributed by atoms with van der Waals surface area (Å²) in [6, 6.07) is 10.3. The summed E-state index contributed by atoms with van der Waals surface area (Å²) in [5, 5.41) is 6.76. The fourth-order valence-electron chi connectivity index (χ4n) is 4.02. The lowest BCUT2D eigenvalue weighted by atomic mass is 9.94. The predicted octanol–water partition coefficient (Wildman–Crippen LogP) is 2.06. The molecule has 1 atom stereocenters. The number of methoxy groups -OCH3 is 1. The smallest absolute Gasteiger partial charge is 0.223 e. The number of benzene rings is 1. The molecule has 2 saturated heterocycles. The summed E-state index contributed by atoms with van der Waals surface area (Å²) in [7, 11) is 3.53. The molecule has 2 aliphatic heterocycles. The minimum Gasteiger partial charge on any atom is -0.381 e. The molecule has 0 aliphatic carbocycles. The van der Waals surface area contributed by atoms with Gasteiger partial charge in [-0.1, -0.05) is 30.3 Å². The molecular weight excluding hydrogens is 495 g/mol. The lowest BCUT2D eigenvalue weighted by Crippen LogP contribution is -2.51. The zero-order valence-electron chi connectivity index (χ0n) is 18.1. The van der Waals surface area contributed by atoms with E-state index < -0.39 is 0 Å². The van der Waals surface area contributed by atoms with Crippen molar-refractivity contribution in [2.75, 3.05) is 53.6 Å². The summed E-state index contributed by atoms with van der Waals surface area (Å²) in [6.45, 7) is 4.46. The molecule has 1 aromatic rings. The van der Waals surface area contributed by atoms with Crippen LogP contribution in [0.25, 0.3) is 0 Å². The lowest BCUT2D eigenvalue weighted by Gasteiger charge is -2.36. The highest BCUT2D eigenvalue weighted by Crippen LogP contribution is 2.23. The van der Waals surface area contributed by atoms with Crippen molar-refractivity contribution in [1.82, 2.24) is 15.5 Å². The summed E-state index contributed by atoms with van der Waals surface area (Å²) < 4.78 is 11.2. The van der Waals surface area contributed by atoms with Crippen LogP contribution in [0.15, 0.2) is 35.3 Å². The number of halogens is 1. The number of rotatable bonds is 8. The van der Waals surface area contributed by atoms with E-state index in [9.17, 15) is 4.79 Å². The van der Waals surface area contributed by atoms with E-state index in [4.69, 9.17) is 9.47 Å². The van der Waals surface area contributed by atoms with Crippen LogP contribution in [-0.2, 0) is 20.7 Å². The molecule has 2 N–H and O–H groups in total. The minimum atomic E-state index is -0.201. The number of ether oxygens (including phenoxy) is 2. The Hall–Kier alpha value is -1.39. The molecule has 0 spiro atoms. The van der Waals surface area contributed by atoms with Crippen LogP contribution >= 0.6 is 24.0 Å². The second kappa shape index (κ2) is 12.5. The monoisotopic (exact) mass is 530 g/mol. The summed E-state index contributed by atoms with van der Waals surface area (Å²) in [6.07, 6.45) is 3.25. The van der Waals surface area contributed by atoms with E-state index in [2.05, 4.69) is 27.8 Å². The first kappa shape index (κ1) is 24.9. The van der Waals surface area contributed by atoms with E-state index in [-0.39, 0.29) is 35.5 Å². The fourth-order valence-corrected chi connectivity index (χ4v) is 4.02. The number of likely N-dealkylation sites (tertiary alicyclic amines) is 1. The predicted molar refractivity (Wildman–Crippen MR) is 129 cm³/mol. The van der Waals surface area contributed by atoms with Crippen LogP contribution in [0, 0.1) is 5.92 Å². The normalized spacial score (nSPS) is 21.3. The molecule has 1 unspecified atom stereocenters. The molecule has 2 heterocycles. The first-order chi connectivity index (χ1) is 14.1. The van der Waals surface area contributed by atoms with Crippen LogP contribution in [0.5, 0.6) is 0 Å². The molecular formula is C22H35IN4O3. The highest BCUT2D eigenvalue weighted by atomic mass is 127. The Kier molecular flexibility index (Phi) is 10.3. The number of aliphatic imine (C=N–C) groups is 1. The van der Waals surface area contributed by atoms with Crippen molar-refractivity contribution >= 4 is 35.8 Å². The van der Waals surface area contributed by atoms with E-state index in [1.807, 2.05) is 23.1 Å². The number of guanidine groups is 1. The van der Waals surface area contributed by atoms with Gasteiger partial charge in [0.2, 0.25) is 5.91 Å². The Balaban J connectivity index is 0.00000320. The van der Waals surface area contributed by atoms with Crippen molar-refractivity contribution < 1.29 is 14.3 Å². The van der Waals surface area contributed by atoms with Gasteiger partial charge >= 0.3 is 0 Å². The molecule has 168 valence electrons. The summed E-state index contributed by atoms with van der Waals surface area (Å²) in [4.78, 5) is 18.7. The fraction of sp³-hybridized carbons (Fsp3) is 0.636. The van der Waals surface area contributed by atoms with Gasteiger partial charge in [0.1, 0.15) is 0 Å². The number of carbonyl (C=O) groups is 1. The van der Waals surface area contributed by atoms with Gasteiger partial charge in [-0.15, -0.1) is 24.0 Å². The van der Waals surface area contributed by atoms with Crippen molar-refractivity contribution in [3.05, 3.63) is 35.9 Å². The highest BCUT2D eigenvalue weighted by molar-refractivity contribution is 14.0. The first-order valence-corrected chi connectivity index (χ1v) is 10.5. The van der Waals surface area contributed by atoms with Crippen LogP contribution in [0.4, 0.5) is 0 Å². The Labute approximate surface area is 197 Å². The van der Waals surface area contributed by atoms with Crippen LogP contribution < -0.4 is 10.6 Å². The van der Waals surface area contributed by atoms with Crippen LogP contribution in [0.3, 0.4) is 0 Å². The third-order valence-electron chi connectivity index (χ3n) is 6.00. The molecule has 3 rings (SSSR count). The van der Waals surface area contributed by atoms with E-state index >= 15 is 0 Å². The average Bonchev–Trinajstić information content (AvgIpc) is 3.13. The number of carbonyl (C=O) groups excluding carboxylic acids is 1. The Bertz CT molecular complexity index is 680. The topological polar surface area (TPSA) is 75.2 Å². The molecule has 0 saturated carbocycles. The molecule has 30 heavy (non-hydrogen) atoms. The summed E-state index contributed by atoms with van der Waals surface area (Å²) in [5.41, 5.74) is 1.07. The lowest BCUT2D eigenvalue weighted by molar-refractivity contribution is -0.127. The largest absolute Gasteiger partial charge is 0.381 e. The third kappa shape index (κ3) is 7.09. The molecule has 0 bridgehead atoms. The van der Waals surface area contributed by atoms with Gasteiger partial charge in [-0.3, -0.25) is 9.79 Å². The van der Waals surface area contributed by atoms with Crippen molar-refractivity contribution in [2.45, 2.75) is 31.3 Å². The van der Waals surface area contributed by atoms with E-state index in [0.717, 1.165) is 58.1 Å². The zero-order chi connectivity index (χ0) is 20.5. The van der Waals surface area contributed by atoms with Crippen LogP contribution in [-0.4, -0.2) is 75.9 Å². The molecule has 0 radical (unpaired) electrons. The van der Waals surface area contributed by atoms with Gasteiger partial charge in [-0.2, -0.15) is 0 Å². The Morgan fingerprint density at radius 1 is 1.27 bits per heavy atom. The highest BCUT2D eigenvalue weighted by Gasteiger charge is 2.33. The Morgan fingerprint density at radius 2 is 2.00 bits per heavy atom. The minimum absolute atomic E-state index is 0.